The lowest BCUT2D eigenvalue weighted by atomic mass is 9.96. The van der Waals surface area contributed by atoms with Gasteiger partial charge < -0.3 is 0 Å². The maximum atomic E-state index is 2.30. The number of hydrogen-bond donors (Lipinski definition) is 0. The highest BCUT2D eigenvalue weighted by Gasteiger charge is 2.19. The van der Waals surface area contributed by atoms with Gasteiger partial charge in [0.15, 0.2) is 0 Å². The van der Waals surface area contributed by atoms with Crippen molar-refractivity contribution in [1.82, 2.24) is 0 Å². The summed E-state index contributed by atoms with van der Waals surface area (Å²) < 4.78 is 0. The van der Waals surface area contributed by atoms with E-state index in [1.54, 1.807) is 0 Å². The fourth-order valence-electron chi connectivity index (χ4n) is 3.90. The summed E-state index contributed by atoms with van der Waals surface area (Å²) in [5, 5.41) is 0. The van der Waals surface area contributed by atoms with Gasteiger partial charge in [0.1, 0.15) is 0 Å². The Morgan fingerprint density at radius 2 is 1.32 bits per heavy atom. The fourth-order valence-corrected chi connectivity index (χ4v) is 3.90. The molecule has 0 heterocycles. The van der Waals surface area contributed by atoms with Gasteiger partial charge in [-0.1, -0.05) is 101 Å². The molecule has 0 aliphatic heterocycles. The zero-order chi connectivity index (χ0) is 20.1. The molecule has 0 saturated carbocycles. The molecule has 2 atom stereocenters. The standard InChI is InChI=1S/C11H20.C9H14.C7H8.CH4/c1-5-7-11(8-6-2)9-10(3)4;1-3-4-9-6-5-8(2)7-9;1-2-7-4-3-6(1)5-7;/h5-8,10-11H,9H2,1-4H3;3-6,8-9H,7H2,1-2H3;1-4,6-7H,5H2;1H4. The smallest absolute Gasteiger partial charge is 0.00445 e. The highest BCUT2D eigenvalue weighted by Crippen LogP contribution is 2.31. The third kappa shape index (κ3) is 11.3. The van der Waals surface area contributed by atoms with E-state index in [9.17, 15) is 0 Å². The average molecular weight is 383 g/mol. The summed E-state index contributed by atoms with van der Waals surface area (Å²) in [6.45, 7) is 13.0. The lowest BCUT2D eigenvalue weighted by molar-refractivity contribution is 0.532. The molecule has 0 amide bonds. The summed E-state index contributed by atoms with van der Waals surface area (Å²) >= 11 is 0. The molecule has 158 valence electrons. The van der Waals surface area contributed by atoms with Crippen molar-refractivity contribution in [2.24, 2.45) is 35.5 Å². The minimum Gasteiger partial charge on any atom is -0.0911 e. The minimum atomic E-state index is 0. The van der Waals surface area contributed by atoms with Gasteiger partial charge in [-0.3, -0.25) is 0 Å². The highest BCUT2D eigenvalue weighted by molar-refractivity contribution is 5.21. The lowest BCUT2D eigenvalue weighted by Gasteiger charge is -2.09. The fraction of sp³-hybridized carbons (Fsp3) is 0.571. The van der Waals surface area contributed by atoms with Crippen molar-refractivity contribution < 1.29 is 0 Å². The molecule has 0 nitrogen and oxygen atoms in total. The summed E-state index contributed by atoms with van der Waals surface area (Å²) in [7, 11) is 0. The summed E-state index contributed by atoms with van der Waals surface area (Å²) in [5.41, 5.74) is 0. The number of hydrogen-bond acceptors (Lipinski definition) is 0. The first-order valence-electron chi connectivity index (χ1n) is 10.9. The second-order valence-electron chi connectivity index (χ2n) is 8.47. The molecule has 2 unspecified atom stereocenters. The van der Waals surface area contributed by atoms with E-state index in [1.165, 1.54) is 19.3 Å². The Morgan fingerprint density at radius 3 is 1.61 bits per heavy atom. The highest BCUT2D eigenvalue weighted by atomic mass is 14.2. The van der Waals surface area contributed by atoms with Crippen LogP contribution in [0.1, 0.15) is 68.2 Å². The molecule has 0 N–H and O–H groups in total. The molecule has 0 spiro atoms. The van der Waals surface area contributed by atoms with Crippen LogP contribution in [0.2, 0.25) is 0 Å². The van der Waals surface area contributed by atoms with E-state index in [-0.39, 0.29) is 7.43 Å². The Labute approximate surface area is 176 Å². The molecule has 0 radical (unpaired) electrons. The number of allylic oxidation sites excluding steroid dienone is 12. The second-order valence-corrected chi connectivity index (χ2v) is 8.47. The van der Waals surface area contributed by atoms with Gasteiger partial charge >= 0.3 is 0 Å². The van der Waals surface area contributed by atoms with E-state index in [0.717, 1.165) is 29.6 Å². The molecule has 28 heavy (non-hydrogen) atoms. The molecule has 0 saturated heterocycles. The minimum absolute atomic E-state index is 0. The number of rotatable bonds is 5. The van der Waals surface area contributed by atoms with Crippen LogP contribution in [0.15, 0.2) is 72.9 Å². The van der Waals surface area contributed by atoms with Gasteiger partial charge in [-0.05, 0) is 75.5 Å². The molecule has 0 aromatic rings. The quantitative estimate of drug-likeness (QED) is 0.416. The van der Waals surface area contributed by atoms with Crippen LogP contribution >= 0.6 is 0 Å². The molecule has 3 aliphatic carbocycles. The van der Waals surface area contributed by atoms with Crippen molar-refractivity contribution in [3.63, 3.8) is 0 Å². The van der Waals surface area contributed by atoms with E-state index in [2.05, 4.69) is 114 Å². The molecule has 3 aliphatic rings. The Morgan fingerprint density at radius 1 is 0.786 bits per heavy atom. The zero-order valence-electron chi connectivity index (χ0n) is 18.5. The molecule has 0 aromatic carbocycles. The van der Waals surface area contributed by atoms with Crippen LogP contribution in [-0.2, 0) is 0 Å². The predicted octanol–water partition coefficient (Wildman–Crippen LogP) is 8.96. The van der Waals surface area contributed by atoms with Crippen molar-refractivity contribution in [3.05, 3.63) is 72.9 Å². The molecule has 2 bridgehead atoms. The molecule has 0 heteroatoms. The Hall–Kier alpha value is -1.56. The zero-order valence-corrected chi connectivity index (χ0v) is 18.5. The maximum absolute atomic E-state index is 2.30. The van der Waals surface area contributed by atoms with Crippen molar-refractivity contribution >= 4 is 0 Å². The molecule has 0 fully saturated rings. The van der Waals surface area contributed by atoms with Gasteiger partial charge in [-0.15, -0.1) is 0 Å². The Kier molecular flexibility index (Phi) is 14.5. The van der Waals surface area contributed by atoms with Crippen molar-refractivity contribution in [3.8, 4) is 0 Å². The Bertz CT molecular complexity index is 513. The lowest BCUT2D eigenvalue weighted by Crippen LogP contribution is -1.97. The first-order valence-corrected chi connectivity index (χ1v) is 10.9. The van der Waals surface area contributed by atoms with Gasteiger partial charge in [-0.25, -0.2) is 0 Å². The topological polar surface area (TPSA) is 0 Å². The maximum Gasteiger partial charge on any atom is -0.00445 e. The van der Waals surface area contributed by atoms with E-state index >= 15 is 0 Å². The van der Waals surface area contributed by atoms with Gasteiger partial charge in [0.2, 0.25) is 0 Å². The van der Waals surface area contributed by atoms with Crippen molar-refractivity contribution in [2.45, 2.75) is 68.2 Å². The summed E-state index contributed by atoms with van der Waals surface area (Å²) in [4.78, 5) is 0. The third-order valence-electron chi connectivity index (χ3n) is 5.15. The van der Waals surface area contributed by atoms with Gasteiger partial charge in [-0.2, -0.15) is 0 Å². The third-order valence-corrected chi connectivity index (χ3v) is 5.15. The van der Waals surface area contributed by atoms with Gasteiger partial charge in [0.05, 0.1) is 0 Å². The van der Waals surface area contributed by atoms with Crippen LogP contribution in [-0.4, -0.2) is 0 Å². The first kappa shape index (κ1) is 26.4. The molecular formula is C28H46. The van der Waals surface area contributed by atoms with Gasteiger partial charge in [0.25, 0.3) is 0 Å². The normalized spacial score (nSPS) is 28.0. The predicted molar refractivity (Wildman–Crippen MR) is 130 cm³/mol. The van der Waals surface area contributed by atoms with Crippen LogP contribution in [0.25, 0.3) is 0 Å². The first-order chi connectivity index (χ1) is 13.0. The van der Waals surface area contributed by atoms with Crippen LogP contribution in [0.3, 0.4) is 0 Å². The van der Waals surface area contributed by atoms with E-state index in [0.29, 0.717) is 5.92 Å². The van der Waals surface area contributed by atoms with Crippen LogP contribution in [0, 0.1) is 35.5 Å². The Balaban J connectivity index is 0.000000390. The van der Waals surface area contributed by atoms with E-state index in [1.807, 2.05) is 0 Å². The van der Waals surface area contributed by atoms with Crippen molar-refractivity contribution in [2.75, 3.05) is 0 Å². The largest absolute Gasteiger partial charge is 0.0911 e. The summed E-state index contributed by atoms with van der Waals surface area (Å²) in [5.74, 6) is 4.57. The van der Waals surface area contributed by atoms with Gasteiger partial charge in [0, 0.05) is 0 Å². The molecule has 0 aromatic heterocycles. The summed E-state index contributed by atoms with van der Waals surface area (Å²) in [6, 6.07) is 0. The van der Waals surface area contributed by atoms with Crippen LogP contribution in [0.4, 0.5) is 0 Å². The monoisotopic (exact) mass is 382 g/mol. The van der Waals surface area contributed by atoms with E-state index in [4.69, 9.17) is 0 Å². The second kappa shape index (κ2) is 15.4. The number of fused-ring (bicyclic) bond motifs is 2. The van der Waals surface area contributed by atoms with E-state index < -0.39 is 0 Å². The average Bonchev–Trinajstić information content (AvgIpc) is 3.35. The van der Waals surface area contributed by atoms with Crippen molar-refractivity contribution in [1.29, 1.82) is 0 Å². The molecular weight excluding hydrogens is 336 g/mol. The van der Waals surface area contributed by atoms with Crippen LogP contribution in [0.5, 0.6) is 0 Å². The SMILES string of the molecule is C.C1=CC2C=CC1C2.CC=CC(C=CC)CC(C)C.CC=CC1C=CC(C)C1. The molecule has 3 rings (SSSR count). The summed E-state index contributed by atoms with van der Waals surface area (Å²) in [6.07, 6.45) is 30.9. The van der Waals surface area contributed by atoms with Crippen LogP contribution < -0.4 is 0 Å².